The first-order valence-corrected chi connectivity index (χ1v) is 11.5. The highest BCUT2D eigenvalue weighted by molar-refractivity contribution is 7.99. The molecule has 33 heavy (non-hydrogen) atoms. The van der Waals surface area contributed by atoms with Gasteiger partial charge < -0.3 is 20.4 Å². The topological polar surface area (TPSA) is 102 Å². The normalized spacial score (nSPS) is 14.2. The Kier molecular flexibility index (Phi) is 6.95. The predicted molar refractivity (Wildman–Crippen MR) is 132 cm³/mol. The summed E-state index contributed by atoms with van der Waals surface area (Å²) in [5.74, 6) is 2.19. The number of anilines is 4. The summed E-state index contributed by atoms with van der Waals surface area (Å²) in [4.78, 5) is 26.9. The lowest BCUT2D eigenvalue weighted by Crippen LogP contribution is -2.44. The highest BCUT2D eigenvalue weighted by atomic mass is 32.2. The van der Waals surface area contributed by atoms with E-state index in [0.717, 1.165) is 54.1 Å². The van der Waals surface area contributed by atoms with Gasteiger partial charge in [-0.15, -0.1) is 0 Å². The number of likely N-dealkylation sites (N-methyl/N-ethyl adjacent to an activating group) is 1. The number of hydrogen-bond acceptors (Lipinski definition) is 8. The molecule has 0 spiro atoms. The molecular weight excluding hydrogens is 436 g/mol. The molecule has 0 aliphatic carbocycles. The highest BCUT2D eigenvalue weighted by Gasteiger charge is 2.18. The molecule has 1 aliphatic heterocycles. The largest absolute Gasteiger partial charge is 0.354 e. The zero-order valence-corrected chi connectivity index (χ0v) is 19.9. The SMILES string of the molecule is C=C(C)C(=O)Nc1ccc(Sc2nc(Nc3cc(C)n[nH]3)cc(N3CCN(C)CC3)n2)cc1. The lowest BCUT2D eigenvalue weighted by Gasteiger charge is -2.33. The van der Waals surface area contributed by atoms with Crippen LogP contribution in [-0.4, -0.2) is 64.2 Å². The van der Waals surface area contributed by atoms with Gasteiger partial charge in [0.25, 0.3) is 5.91 Å². The third-order valence-corrected chi connectivity index (χ3v) is 6.07. The molecule has 1 saturated heterocycles. The molecule has 1 aromatic carbocycles. The highest BCUT2D eigenvalue weighted by Crippen LogP contribution is 2.30. The third kappa shape index (κ3) is 6.11. The zero-order chi connectivity index (χ0) is 23.4. The molecule has 1 fully saturated rings. The van der Waals surface area contributed by atoms with Crippen LogP contribution in [0.25, 0.3) is 0 Å². The fourth-order valence-electron chi connectivity index (χ4n) is 3.29. The van der Waals surface area contributed by atoms with Crippen LogP contribution < -0.4 is 15.5 Å². The molecule has 4 rings (SSSR count). The minimum Gasteiger partial charge on any atom is -0.354 e. The van der Waals surface area contributed by atoms with Crippen LogP contribution in [0.15, 0.2) is 58.6 Å². The van der Waals surface area contributed by atoms with Crippen LogP contribution in [0.1, 0.15) is 12.6 Å². The molecule has 1 aliphatic rings. The Balaban J connectivity index is 1.55. The molecule has 172 valence electrons. The summed E-state index contributed by atoms with van der Waals surface area (Å²) in [7, 11) is 2.13. The fraction of sp³-hybridized carbons (Fsp3) is 0.304. The molecule has 9 nitrogen and oxygen atoms in total. The number of amides is 1. The fourth-order valence-corrected chi connectivity index (χ4v) is 4.06. The van der Waals surface area contributed by atoms with Gasteiger partial charge in [0.1, 0.15) is 17.5 Å². The van der Waals surface area contributed by atoms with Crippen LogP contribution in [0.5, 0.6) is 0 Å². The van der Waals surface area contributed by atoms with E-state index in [2.05, 4.69) is 44.3 Å². The number of rotatable bonds is 7. The van der Waals surface area contributed by atoms with Crippen LogP contribution in [0, 0.1) is 6.92 Å². The maximum absolute atomic E-state index is 11.8. The van der Waals surface area contributed by atoms with Gasteiger partial charge in [-0.25, -0.2) is 9.97 Å². The number of aromatic amines is 1. The second-order valence-electron chi connectivity index (χ2n) is 8.09. The number of carbonyl (C=O) groups is 1. The van der Waals surface area contributed by atoms with Gasteiger partial charge in [0, 0.05) is 54.5 Å². The van der Waals surface area contributed by atoms with Gasteiger partial charge in [-0.2, -0.15) is 5.10 Å². The van der Waals surface area contributed by atoms with Crippen LogP contribution >= 0.6 is 11.8 Å². The number of benzene rings is 1. The van der Waals surface area contributed by atoms with E-state index < -0.39 is 0 Å². The number of aryl methyl sites for hydroxylation is 1. The van der Waals surface area contributed by atoms with Crippen molar-refractivity contribution in [3.63, 3.8) is 0 Å². The van der Waals surface area contributed by atoms with Crippen molar-refractivity contribution in [2.45, 2.75) is 23.9 Å². The average molecular weight is 465 g/mol. The van der Waals surface area contributed by atoms with Crippen molar-refractivity contribution in [1.82, 2.24) is 25.1 Å². The average Bonchev–Trinajstić information content (AvgIpc) is 3.19. The van der Waals surface area contributed by atoms with Crippen molar-refractivity contribution < 1.29 is 4.79 Å². The molecule has 3 N–H and O–H groups in total. The molecule has 1 amide bonds. The van der Waals surface area contributed by atoms with E-state index in [1.807, 2.05) is 43.3 Å². The molecule has 0 unspecified atom stereocenters. The van der Waals surface area contributed by atoms with Gasteiger partial charge in [-0.05, 0) is 56.9 Å². The third-order valence-electron chi connectivity index (χ3n) is 5.20. The Bertz CT molecular complexity index is 1140. The number of piperazine rings is 1. The van der Waals surface area contributed by atoms with Gasteiger partial charge in [0.15, 0.2) is 5.16 Å². The molecule has 0 bridgehead atoms. The quantitative estimate of drug-likeness (QED) is 0.360. The maximum atomic E-state index is 11.8. The van der Waals surface area contributed by atoms with Gasteiger partial charge >= 0.3 is 0 Å². The monoisotopic (exact) mass is 464 g/mol. The maximum Gasteiger partial charge on any atom is 0.250 e. The van der Waals surface area contributed by atoms with Gasteiger partial charge in [-0.1, -0.05) is 6.58 Å². The molecular formula is C23H28N8OS. The van der Waals surface area contributed by atoms with E-state index in [4.69, 9.17) is 9.97 Å². The summed E-state index contributed by atoms with van der Waals surface area (Å²) in [5, 5.41) is 13.9. The lowest BCUT2D eigenvalue weighted by molar-refractivity contribution is -0.112. The molecule has 2 aromatic heterocycles. The number of carbonyl (C=O) groups excluding carboxylic acids is 1. The van der Waals surface area contributed by atoms with Crippen LogP contribution in [0.2, 0.25) is 0 Å². The standard InChI is InChI=1S/C23H28N8OS/c1-15(2)22(32)24-17-5-7-18(8-6-17)33-23-26-19(25-20-13-16(3)28-29-20)14-21(27-23)31-11-9-30(4)10-12-31/h5-8,13-14H,1,9-12H2,2-4H3,(H,24,32)(H2,25,26,27,28,29). The summed E-state index contributed by atoms with van der Waals surface area (Å²) < 4.78 is 0. The molecule has 3 heterocycles. The zero-order valence-electron chi connectivity index (χ0n) is 19.1. The first-order valence-electron chi connectivity index (χ1n) is 10.7. The second kappa shape index (κ2) is 10.1. The number of H-pyrrole nitrogens is 1. The second-order valence-corrected chi connectivity index (χ2v) is 9.13. The van der Waals surface area contributed by atoms with E-state index in [1.165, 1.54) is 11.8 Å². The Morgan fingerprint density at radius 1 is 1.12 bits per heavy atom. The van der Waals surface area contributed by atoms with Crippen molar-refractivity contribution >= 4 is 40.8 Å². The van der Waals surface area contributed by atoms with Crippen molar-refractivity contribution in [3.05, 3.63) is 54.2 Å². The summed E-state index contributed by atoms with van der Waals surface area (Å²) in [6, 6.07) is 11.5. The number of hydrogen-bond donors (Lipinski definition) is 3. The van der Waals surface area contributed by atoms with Crippen molar-refractivity contribution in [2.24, 2.45) is 0 Å². The number of nitrogens with one attached hydrogen (secondary N) is 3. The van der Waals surface area contributed by atoms with Crippen LogP contribution in [0.4, 0.5) is 23.1 Å². The Morgan fingerprint density at radius 2 is 1.85 bits per heavy atom. The van der Waals surface area contributed by atoms with Crippen molar-refractivity contribution in [1.29, 1.82) is 0 Å². The summed E-state index contributed by atoms with van der Waals surface area (Å²) in [6.07, 6.45) is 0. The van der Waals surface area contributed by atoms with E-state index in [0.29, 0.717) is 16.5 Å². The van der Waals surface area contributed by atoms with E-state index in [9.17, 15) is 4.79 Å². The minimum atomic E-state index is -0.191. The summed E-state index contributed by atoms with van der Waals surface area (Å²) in [5.41, 5.74) is 2.09. The van der Waals surface area contributed by atoms with Gasteiger partial charge in [-0.3, -0.25) is 9.89 Å². The minimum absolute atomic E-state index is 0.191. The summed E-state index contributed by atoms with van der Waals surface area (Å²) in [6.45, 7) is 11.1. The van der Waals surface area contributed by atoms with Crippen molar-refractivity contribution in [2.75, 3.05) is 48.8 Å². The molecule has 0 saturated carbocycles. The van der Waals surface area contributed by atoms with E-state index >= 15 is 0 Å². The van der Waals surface area contributed by atoms with Crippen LogP contribution in [0.3, 0.4) is 0 Å². The van der Waals surface area contributed by atoms with E-state index in [-0.39, 0.29) is 5.91 Å². The first kappa shape index (κ1) is 22.8. The van der Waals surface area contributed by atoms with Gasteiger partial charge in [0.2, 0.25) is 0 Å². The van der Waals surface area contributed by atoms with E-state index in [1.54, 1.807) is 6.92 Å². The predicted octanol–water partition coefficient (Wildman–Crippen LogP) is 3.67. The Hall–Kier alpha value is -3.37. The Labute approximate surface area is 197 Å². The summed E-state index contributed by atoms with van der Waals surface area (Å²) >= 11 is 1.47. The van der Waals surface area contributed by atoms with Crippen molar-refractivity contribution in [3.8, 4) is 0 Å². The number of nitrogens with zero attached hydrogens (tertiary/aromatic N) is 5. The lowest BCUT2D eigenvalue weighted by atomic mass is 10.3. The Morgan fingerprint density at radius 3 is 2.48 bits per heavy atom. The molecule has 0 atom stereocenters. The molecule has 10 heteroatoms. The molecule has 3 aromatic rings. The number of aromatic nitrogens is 4. The first-order chi connectivity index (χ1) is 15.9. The van der Waals surface area contributed by atoms with Gasteiger partial charge in [0.05, 0.1) is 5.69 Å². The van der Waals surface area contributed by atoms with Crippen LogP contribution in [-0.2, 0) is 4.79 Å². The molecule has 0 radical (unpaired) electrons. The smallest absolute Gasteiger partial charge is 0.250 e.